The van der Waals surface area contributed by atoms with Gasteiger partial charge in [0.2, 0.25) is 0 Å². The molecule has 0 heterocycles. The molecule has 0 aliphatic rings. The zero-order valence-electron chi connectivity index (χ0n) is 12.4. The maximum absolute atomic E-state index is 12.1. The quantitative estimate of drug-likeness (QED) is 0.662. The van der Waals surface area contributed by atoms with Crippen LogP contribution in [0.5, 0.6) is 5.75 Å². The lowest BCUT2D eigenvalue weighted by Gasteiger charge is -2.15. The van der Waals surface area contributed by atoms with E-state index in [1.54, 1.807) is 12.1 Å². The Balaban J connectivity index is 2.32. The molecule has 2 nitrogen and oxygen atoms in total. The fourth-order valence-electron chi connectivity index (χ4n) is 1.94. The largest absolute Gasteiger partial charge is 0.573 e. The summed E-state index contributed by atoms with van der Waals surface area (Å²) in [5.41, 5.74) is 0.952. The summed E-state index contributed by atoms with van der Waals surface area (Å²) in [6.07, 6.45) is 0.994. The van der Waals surface area contributed by atoms with Gasteiger partial charge in [0.1, 0.15) is 5.75 Å². The second-order valence-corrected chi connectivity index (χ2v) is 5.83. The number of rotatable bonds is 9. The molecule has 0 saturated carbocycles. The predicted molar refractivity (Wildman–Crippen MR) is 81.8 cm³/mol. The molecule has 1 atom stereocenters. The van der Waals surface area contributed by atoms with Crippen LogP contribution in [0.15, 0.2) is 24.3 Å². The molecule has 0 aliphatic heterocycles. The number of alkyl halides is 3. The first-order valence-electron chi connectivity index (χ1n) is 7.00. The summed E-state index contributed by atoms with van der Waals surface area (Å²) in [6, 6.07) is 6.13. The van der Waals surface area contributed by atoms with Crippen molar-refractivity contribution in [3.05, 3.63) is 29.8 Å². The molecule has 1 N–H and O–H groups in total. The van der Waals surface area contributed by atoms with Crippen molar-refractivity contribution in [1.29, 1.82) is 0 Å². The van der Waals surface area contributed by atoms with Gasteiger partial charge < -0.3 is 10.1 Å². The first-order chi connectivity index (χ1) is 9.92. The van der Waals surface area contributed by atoms with E-state index in [2.05, 4.69) is 16.3 Å². The van der Waals surface area contributed by atoms with Gasteiger partial charge in [0.05, 0.1) is 0 Å². The molecule has 0 radical (unpaired) electrons. The summed E-state index contributed by atoms with van der Waals surface area (Å²) in [5, 5.41) is 3.37. The van der Waals surface area contributed by atoms with Gasteiger partial charge in [-0.1, -0.05) is 18.6 Å². The summed E-state index contributed by atoms with van der Waals surface area (Å²) < 4.78 is 40.0. The smallest absolute Gasteiger partial charge is 0.406 e. The Bertz CT molecular complexity index is 395. The van der Waals surface area contributed by atoms with Crippen LogP contribution in [-0.2, 0) is 0 Å². The number of hydrogen-bond donors (Lipinski definition) is 1. The van der Waals surface area contributed by atoms with Gasteiger partial charge >= 0.3 is 6.36 Å². The molecule has 6 heteroatoms. The van der Waals surface area contributed by atoms with Gasteiger partial charge in [0, 0.05) is 6.04 Å². The van der Waals surface area contributed by atoms with Crippen LogP contribution in [0, 0.1) is 0 Å². The summed E-state index contributed by atoms with van der Waals surface area (Å²) >= 11 is 1.86. The molecule has 1 aromatic carbocycles. The Labute approximate surface area is 128 Å². The van der Waals surface area contributed by atoms with E-state index < -0.39 is 6.36 Å². The second-order valence-electron chi connectivity index (χ2n) is 4.85. The third kappa shape index (κ3) is 8.21. The third-order valence-electron chi connectivity index (χ3n) is 3.09. The van der Waals surface area contributed by atoms with Gasteiger partial charge in [-0.15, -0.1) is 13.2 Å². The maximum atomic E-state index is 12.1. The van der Waals surface area contributed by atoms with E-state index in [4.69, 9.17) is 0 Å². The Morgan fingerprint density at radius 2 is 1.81 bits per heavy atom. The number of benzene rings is 1. The van der Waals surface area contributed by atoms with Gasteiger partial charge in [-0.05, 0) is 56.0 Å². The highest BCUT2D eigenvalue weighted by Gasteiger charge is 2.30. The molecular formula is C15H22F3NOS. The van der Waals surface area contributed by atoms with E-state index in [1.165, 1.54) is 30.7 Å². The minimum atomic E-state index is -4.64. The van der Waals surface area contributed by atoms with Gasteiger partial charge in [-0.3, -0.25) is 0 Å². The number of unbranched alkanes of at least 4 members (excludes halogenated alkanes) is 2. The predicted octanol–water partition coefficient (Wildman–Crippen LogP) is 4.77. The molecule has 0 fully saturated rings. The summed E-state index contributed by atoms with van der Waals surface area (Å²) in [6.45, 7) is 2.91. The Morgan fingerprint density at radius 3 is 2.38 bits per heavy atom. The molecule has 1 unspecified atom stereocenters. The van der Waals surface area contributed by atoms with Crippen LogP contribution in [0.1, 0.15) is 37.8 Å². The Morgan fingerprint density at radius 1 is 1.14 bits per heavy atom. The van der Waals surface area contributed by atoms with Crippen LogP contribution in [0.25, 0.3) is 0 Å². The lowest BCUT2D eigenvalue weighted by atomic mass is 10.1. The fraction of sp³-hybridized carbons (Fsp3) is 0.600. The molecule has 0 bridgehead atoms. The summed E-state index contributed by atoms with van der Waals surface area (Å²) in [4.78, 5) is 0. The van der Waals surface area contributed by atoms with Crippen molar-refractivity contribution in [3.63, 3.8) is 0 Å². The lowest BCUT2D eigenvalue weighted by Crippen LogP contribution is -2.20. The van der Waals surface area contributed by atoms with Crippen molar-refractivity contribution in [1.82, 2.24) is 5.32 Å². The minimum absolute atomic E-state index is 0.116. The normalized spacial score (nSPS) is 13.2. The molecule has 1 rings (SSSR count). The van der Waals surface area contributed by atoms with Crippen LogP contribution in [-0.4, -0.2) is 24.9 Å². The highest BCUT2D eigenvalue weighted by molar-refractivity contribution is 7.98. The Hall–Kier alpha value is -0.880. The molecule has 21 heavy (non-hydrogen) atoms. The maximum Gasteiger partial charge on any atom is 0.573 e. The zero-order chi connectivity index (χ0) is 15.7. The first kappa shape index (κ1) is 18.2. The number of thioether (sulfide) groups is 1. The molecule has 0 aliphatic carbocycles. The number of nitrogens with one attached hydrogen (secondary N) is 1. The topological polar surface area (TPSA) is 21.3 Å². The summed E-state index contributed by atoms with van der Waals surface area (Å²) in [5.74, 6) is 1.01. The molecule has 0 aromatic heterocycles. The lowest BCUT2D eigenvalue weighted by molar-refractivity contribution is -0.274. The molecule has 0 saturated heterocycles. The van der Waals surface area contributed by atoms with Crippen LogP contribution < -0.4 is 10.1 Å². The van der Waals surface area contributed by atoms with Crippen molar-refractivity contribution in [2.45, 2.75) is 38.6 Å². The average Bonchev–Trinajstić information content (AvgIpc) is 2.41. The van der Waals surface area contributed by atoms with Crippen LogP contribution >= 0.6 is 11.8 Å². The SMILES string of the molecule is CSCCCCCNC(C)c1ccc(OC(F)(F)F)cc1. The van der Waals surface area contributed by atoms with Crippen molar-refractivity contribution >= 4 is 11.8 Å². The highest BCUT2D eigenvalue weighted by Crippen LogP contribution is 2.24. The minimum Gasteiger partial charge on any atom is -0.406 e. The van der Waals surface area contributed by atoms with Crippen molar-refractivity contribution in [2.75, 3.05) is 18.6 Å². The van der Waals surface area contributed by atoms with Crippen LogP contribution in [0.2, 0.25) is 0 Å². The summed E-state index contributed by atoms with van der Waals surface area (Å²) in [7, 11) is 0. The van der Waals surface area contributed by atoms with Gasteiger partial charge in [-0.2, -0.15) is 11.8 Å². The Kier molecular flexibility index (Phi) is 7.96. The molecule has 1 aromatic rings. The standard InChI is InChI=1S/C15H22F3NOS/c1-12(19-10-4-3-5-11-21-2)13-6-8-14(9-7-13)20-15(16,17)18/h6-9,12,19H,3-5,10-11H2,1-2H3. The molecule has 0 amide bonds. The van der Waals surface area contributed by atoms with E-state index >= 15 is 0 Å². The zero-order valence-corrected chi connectivity index (χ0v) is 13.2. The van der Waals surface area contributed by atoms with Gasteiger partial charge in [-0.25, -0.2) is 0 Å². The van der Waals surface area contributed by atoms with E-state index in [0.717, 1.165) is 18.5 Å². The van der Waals surface area contributed by atoms with Gasteiger partial charge in [0.25, 0.3) is 0 Å². The molecule has 120 valence electrons. The van der Waals surface area contributed by atoms with E-state index in [1.807, 2.05) is 18.7 Å². The highest BCUT2D eigenvalue weighted by atomic mass is 32.2. The molecular weight excluding hydrogens is 299 g/mol. The number of ether oxygens (including phenoxy) is 1. The fourth-order valence-corrected chi connectivity index (χ4v) is 2.44. The number of hydrogen-bond acceptors (Lipinski definition) is 3. The molecule has 0 spiro atoms. The van der Waals surface area contributed by atoms with Crippen molar-refractivity contribution < 1.29 is 17.9 Å². The van der Waals surface area contributed by atoms with Gasteiger partial charge in [0.15, 0.2) is 0 Å². The van der Waals surface area contributed by atoms with E-state index in [9.17, 15) is 13.2 Å². The average molecular weight is 321 g/mol. The van der Waals surface area contributed by atoms with Crippen LogP contribution in [0.4, 0.5) is 13.2 Å². The van der Waals surface area contributed by atoms with Crippen molar-refractivity contribution in [3.8, 4) is 5.75 Å². The second kappa shape index (κ2) is 9.20. The number of halogens is 3. The first-order valence-corrected chi connectivity index (χ1v) is 8.40. The van der Waals surface area contributed by atoms with Crippen molar-refractivity contribution in [2.24, 2.45) is 0 Å². The van der Waals surface area contributed by atoms with E-state index in [0.29, 0.717) is 0 Å². The van der Waals surface area contributed by atoms with E-state index in [-0.39, 0.29) is 11.8 Å². The van der Waals surface area contributed by atoms with Crippen LogP contribution in [0.3, 0.4) is 0 Å². The monoisotopic (exact) mass is 321 g/mol. The third-order valence-corrected chi connectivity index (χ3v) is 3.79.